The third-order valence-corrected chi connectivity index (χ3v) is 5.72. The number of benzene rings is 2. The number of aromatic nitrogens is 1. The average molecular weight is 414 g/mol. The molecule has 2 aromatic carbocycles. The molecule has 5 nitrogen and oxygen atoms in total. The molecule has 0 bridgehead atoms. The molecule has 1 unspecified atom stereocenters. The first-order valence-corrected chi connectivity index (χ1v) is 10.8. The van der Waals surface area contributed by atoms with Crippen LogP contribution in [0.1, 0.15) is 53.1 Å². The van der Waals surface area contributed by atoms with Gasteiger partial charge in [0.25, 0.3) is 0 Å². The van der Waals surface area contributed by atoms with Crippen LogP contribution in [-0.2, 0) is 22.4 Å². The Morgan fingerprint density at radius 2 is 1.55 bits per heavy atom. The van der Waals surface area contributed by atoms with Gasteiger partial charge in [0, 0.05) is 30.9 Å². The molecule has 0 saturated carbocycles. The van der Waals surface area contributed by atoms with Crippen molar-refractivity contribution in [1.82, 2.24) is 10.3 Å². The number of carbonyl (C=O) groups is 2. The molecule has 0 saturated heterocycles. The summed E-state index contributed by atoms with van der Waals surface area (Å²) in [5.41, 5.74) is 6.60. The molecule has 1 atom stereocenters. The topological polar surface area (TPSA) is 71.1 Å². The number of nitrogens with one attached hydrogen (secondary N) is 2. The van der Waals surface area contributed by atoms with E-state index in [9.17, 15) is 9.59 Å². The first-order valence-electron chi connectivity index (χ1n) is 10.8. The summed E-state index contributed by atoms with van der Waals surface area (Å²) in [5.74, 6) is -0.310. The third kappa shape index (κ3) is 5.37. The van der Waals surface area contributed by atoms with Gasteiger partial charge in [0.15, 0.2) is 0 Å². The highest BCUT2D eigenvalue weighted by Gasteiger charge is 2.18. The van der Waals surface area contributed by atoms with Crippen LogP contribution in [0.15, 0.2) is 67.0 Å². The number of carbonyl (C=O) groups excluding carboxylic acids is 2. The molecule has 1 aromatic heterocycles. The Hall–Kier alpha value is -3.47. The number of fused-ring (bicyclic) bond motifs is 1. The molecule has 4 rings (SSSR count). The lowest BCUT2D eigenvalue weighted by Crippen LogP contribution is -2.30. The molecule has 2 amide bonds. The molecule has 0 fully saturated rings. The van der Waals surface area contributed by atoms with Gasteiger partial charge in [-0.3, -0.25) is 14.6 Å². The van der Waals surface area contributed by atoms with Crippen molar-refractivity contribution in [1.29, 1.82) is 0 Å². The smallest absolute Gasteiger partial charge is 0.224 e. The van der Waals surface area contributed by atoms with Gasteiger partial charge in [-0.05, 0) is 72.7 Å². The summed E-state index contributed by atoms with van der Waals surface area (Å²) in [6.07, 6.45) is 7.05. The summed E-state index contributed by atoms with van der Waals surface area (Å²) in [6.45, 7) is 2.03. The maximum atomic E-state index is 12.7. The highest BCUT2D eigenvalue weighted by molar-refractivity contribution is 5.93. The van der Waals surface area contributed by atoms with E-state index in [0.717, 1.165) is 35.2 Å². The van der Waals surface area contributed by atoms with Gasteiger partial charge < -0.3 is 10.6 Å². The number of nitrogens with zero attached hydrogens (tertiary/aromatic N) is 1. The maximum absolute atomic E-state index is 12.7. The van der Waals surface area contributed by atoms with E-state index in [1.807, 2.05) is 49.4 Å². The van der Waals surface area contributed by atoms with Crippen LogP contribution < -0.4 is 10.6 Å². The highest BCUT2D eigenvalue weighted by Crippen LogP contribution is 2.25. The zero-order chi connectivity index (χ0) is 21.6. The lowest BCUT2D eigenvalue weighted by molar-refractivity contribution is -0.124. The van der Waals surface area contributed by atoms with Crippen LogP contribution in [0.4, 0.5) is 5.69 Å². The molecule has 0 radical (unpaired) electrons. The number of hydrogen-bond acceptors (Lipinski definition) is 3. The van der Waals surface area contributed by atoms with E-state index in [4.69, 9.17) is 0 Å². The monoisotopic (exact) mass is 413 g/mol. The molecule has 3 aromatic rings. The number of pyridine rings is 1. The number of anilines is 1. The average Bonchev–Trinajstić information content (AvgIpc) is 3.25. The fourth-order valence-corrected chi connectivity index (χ4v) is 4.01. The summed E-state index contributed by atoms with van der Waals surface area (Å²) >= 11 is 0. The molecule has 1 aliphatic carbocycles. The minimum absolute atomic E-state index is 0.129. The van der Waals surface area contributed by atoms with E-state index in [-0.39, 0.29) is 30.7 Å². The van der Waals surface area contributed by atoms with Gasteiger partial charge in [0.05, 0.1) is 6.04 Å². The van der Waals surface area contributed by atoms with Gasteiger partial charge in [0.2, 0.25) is 11.8 Å². The number of hydrogen-bond donors (Lipinski definition) is 2. The summed E-state index contributed by atoms with van der Waals surface area (Å²) in [4.78, 5) is 29.1. The Labute approximate surface area is 182 Å². The van der Waals surface area contributed by atoms with Crippen LogP contribution in [0, 0.1) is 6.92 Å². The first-order chi connectivity index (χ1) is 15.1. The van der Waals surface area contributed by atoms with E-state index < -0.39 is 0 Å². The summed E-state index contributed by atoms with van der Waals surface area (Å²) in [6, 6.07) is 17.7. The van der Waals surface area contributed by atoms with Crippen molar-refractivity contribution in [3.8, 4) is 0 Å². The minimum atomic E-state index is -0.282. The van der Waals surface area contributed by atoms with E-state index in [0.29, 0.717) is 0 Å². The molecule has 2 N–H and O–H groups in total. The second-order valence-corrected chi connectivity index (χ2v) is 8.08. The number of amides is 2. The van der Waals surface area contributed by atoms with Gasteiger partial charge in [0.1, 0.15) is 0 Å². The molecule has 0 spiro atoms. The van der Waals surface area contributed by atoms with E-state index in [1.165, 1.54) is 17.5 Å². The Morgan fingerprint density at radius 3 is 2.32 bits per heavy atom. The van der Waals surface area contributed by atoms with E-state index in [2.05, 4.69) is 27.8 Å². The first kappa shape index (κ1) is 20.8. The van der Waals surface area contributed by atoms with Crippen LogP contribution in [0.3, 0.4) is 0 Å². The molecule has 5 heteroatoms. The van der Waals surface area contributed by atoms with Crippen molar-refractivity contribution in [3.05, 3.63) is 94.8 Å². The van der Waals surface area contributed by atoms with Gasteiger partial charge in [-0.25, -0.2) is 0 Å². The van der Waals surface area contributed by atoms with Gasteiger partial charge in [-0.2, -0.15) is 0 Å². The number of rotatable bonds is 7. The Kier molecular flexibility index (Phi) is 6.41. The second kappa shape index (κ2) is 9.56. The Morgan fingerprint density at radius 1 is 0.871 bits per heavy atom. The van der Waals surface area contributed by atoms with E-state index >= 15 is 0 Å². The van der Waals surface area contributed by atoms with Crippen molar-refractivity contribution in [2.45, 2.75) is 45.1 Å². The van der Waals surface area contributed by atoms with Crippen LogP contribution >= 0.6 is 0 Å². The normalized spacial score (nSPS) is 13.3. The predicted octanol–water partition coefficient (Wildman–Crippen LogP) is 4.50. The van der Waals surface area contributed by atoms with Crippen molar-refractivity contribution < 1.29 is 9.59 Å². The molecular formula is C26H27N3O2. The standard InChI is InChI=1S/C26H27N3O2/c1-18-5-7-20(8-6-18)26(21-13-15-27-16-14-21)29-25(31)12-11-24(30)28-23-10-9-19-3-2-4-22(19)17-23/h5-10,13-17,26H,2-4,11-12H2,1H3,(H,28,30)(H,29,31). The van der Waals surface area contributed by atoms with Crippen LogP contribution in [0.5, 0.6) is 0 Å². The third-order valence-electron chi connectivity index (χ3n) is 5.72. The van der Waals surface area contributed by atoms with Crippen molar-refractivity contribution in [3.63, 3.8) is 0 Å². The molecule has 0 aliphatic heterocycles. The molecule has 1 aliphatic rings. The van der Waals surface area contributed by atoms with Crippen molar-refractivity contribution >= 4 is 17.5 Å². The quantitative estimate of drug-likeness (QED) is 0.599. The molecular weight excluding hydrogens is 386 g/mol. The summed E-state index contributed by atoms with van der Waals surface area (Å²) in [5, 5.41) is 6.00. The maximum Gasteiger partial charge on any atom is 0.224 e. The lowest BCUT2D eigenvalue weighted by Gasteiger charge is -2.20. The predicted molar refractivity (Wildman–Crippen MR) is 122 cm³/mol. The second-order valence-electron chi connectivity index (χ2n) is 8.08. The van der Waals surface area contributed by atoms with Crippen molar-refractivity contribution in [2.75, 3.05) is 5.32 Å². The zero-order valence-corrected chi connectivity index (χ0v) is 17.7. The lowest BCUT2D eigenvalue weighted by atomic mass is 9.98. The fourth-order valence-electron chi connectivity index (χ4n) is 4.01. The van der Waals surface area contributed by atoms with Gasteiger partial charge >= 0.3 is 0 Å². The summed E-state index contributed by atoms with van der Waals surface area (Å²) in [7, 11) is 0. The van der Waals surface area contributed by atoms with Crippen LogP contribution in [-0.4, -0.2) is 16.8 Å². The minimum Gasteiger partial charge on any atom is -0.345 e. The highest BCUT2D eigenvalue weighted by atomic mass is 16.2. The largest absolute Gasteiger partial charge is 0.345 e. The zero-order valence-electron chi connectivity index (χ0n) is 17.7. The van der Waals surface area contributed by atoms with Crippen LogP contribution in [0.2, 0.25) is 0 Å². The number of aryl methyl sites for hydroxylation is 3. The fraction of sp³-hybridized carbons (Fsp3) is 0.269. The summed E-state index contributed by atoms with van der Waals surface area (Å²) < 4.78 is 0. The van der Waals surface area contributed by atoms with E-state index in [1.54, 1.807) is 12.4 Å². The Balaban J connectivity index is 1.36. The molecule has 158 valence electrons. The Bertz CT molecular complexity index is 1060. The SMILES string of the molecule is Cc1ccc(C(NC(=O)CCC(=O)Nc2ccc3c(c2)CCC3)c2ccncc2)cc1. The van der Waals surface area contributed by atoms with Crippen LogP contribution in [0.25, 0.3) is 0 Å². The van der Waals surface area contributed by atoms with Gasteiger partial charge in [-0.1, -0.05) is 35.9 Å². The van der Waals surface area contributed by atoms with Gasteiger partial charge in [-0.15, -0.1) is 0 Å². The van der Waals surface area contributed by atoms with Crippen molar-refractivity contribution in [2.24, 2.45) is 0 Å². The molecule has 31 heavy (non-hydrogen) atoms. The molecule has 1 heterocycles.